The number of benzene rings is 1. The van der Waals surface area contributed by atoms with Crippen molar-refractivity contribution in [3.63, 3.8) is 0 Å². The van der Waals surface area contributed by atoms with Crippen LogP contribution < -0.4 is 10.6 Å². The van der Waals surface area contributed by atoms with Gasteiger partial charge < -0.3 is 14.6 Å². The van der Waals surface area contributed by atoms with Crippen molar-refractivity contribution in [2.45, 2.75) is 26.7 Å². The molecule has 10 heteroatoms. The summed E-state index contributed by atoms with van der Waals surface area (Å²) in [5.74, 6) is -2.41. The highest BCUT2D eigenvalue weighted by Crippen LogP contribution is 2.33. The first-order valence-electron chi connectivity index (χ1n) is 8.50. The maximum Gasteiger partial charge on any atom is 0.344 e. The van der Waals surface area contributed by atoms with E-state index >= 15 is 0 Å². The number of halogens is 2. The van der Waals surface area contributed by atoms with Crippen LogP contribution in [0.1, 0.15) is 35.9 Å². The van der Waals surface area contributed by atoms with E-state index in [1.165, 1.54) is 19.1 Å². The van der Waals surface area contributed by atoms with Crippen molar-refractivity contribution in [1.82, 2.24) is 15.8 Å². The molecular formula is C18H19ClFN3O5. The topological polar surface area (TPSA) is 111 Å². The van der Waals surface area contributed by atoms with Gasteiger partial charge in [-0.1, -0.05) is 36.2 Å². The van der Waals surface area contributed by atoms with Gasteiger partial charge in [0, 0.05) is 6.54 Å². The minimum atomic E-state index is -0.963. The third kappa shape index (κ3) is 5.29. The summed E-state index contributed by atoms with van der Waals surface area (Å²) in [5, 5.41) is 8.23. The number of unbranched alkanes of at least 4 members (excludes halogenated alkanes) is 1. The molecule has 0 atom stereocenters. The minimum Gasteiger partial charge on any atom is -0.452 e. The molecule has 0 aliphatic heterocycles. The number of nitrogens with one attached hydrogen (secondary N) is 2. The second-order valence-corrected chi connectivity index (χ2v) is 6.20. The Bertz CT molecular complexity index is 864. The largest absolute Gasteiger partial charge is 0.452 e. The highest BCUT2D eigenvalue weighted by molar-refractivity contribution is 6.33. The first kappa shape index (κ1) is 21.4. The van der Waals surface area contributed by atoms with Crippen LogP contribution in [-0.2, 0) is 9.53 Å². The summed E-state index contributed by atoms with van der Waals surface area (Å²) < 4.78 is 24.0. The number of ether oxygens (including phenoxy) is 1. The number of aromatic nitrogens is 1. The van der Waals surface area contributed by atoms with Gasteiger partial charge in [0.25, 0.3) is 5.91 Å². The fraction of sp³-hybridized carbons (Fsp3) is 0.333. The molecule has 150 valence electrons. The average Bonchev–Trinajstić information content (AvgIpc) is 3.01. The van der Waals surface area contributed by atoms with Crippen LogP contribution in [0.4, 0.5) is 9.18 Å². The number of esters is 1. The molecule has 0 bridgehead atoms. The summed E-state index contributed by atoms with van der Waals surface area (Å²) in [5.41, 5.74) is -0.414. The SMILES string of the molecule is CCCCNC(=O)NC(=O)COC(=O)c1c(-c2c(F)cccc2Cl)noc1C. The highest BCUT2D eigenvalue weighted by atomic mass is 35.5. The van der Waals surface area contributed by atoms with Crippen molar-refractivity contribution in [1.29, 1.82) is 0 Å². The van der Waals surface area contributed by atoms with Crippen molar-refractivity contribution in [2.24, 2.45) is 0 Å². The summed E-state index contributed by atoms with van der Waals surface area (Å²) >= 11 is 6.00. The zero-order chi connectivity index (χ0) is 20.7. The molecule has 28 heavy (non-hydrogen) atoms. The molecule has 0 radical (unpaired) electrons. The van der Waals surface area contributed by atoms with E-state index in [-0.39, 0.29) is 27.6 Å². The lowest BCUT2D eigenvalue weighted by molar-refractivity contribution is -0.123. The Morgan fingerprint density at radius 3 is 2.75 bits per heavy atom. The molecule has 3 amide bonds. The molecule has 2 rings (SSSR count). The van der Waals surface area contributed by atoms with E-state index in [9.17, 15) is 18.8 Å². The van der Waals surface area contributed by atoms with Crippen molar-refractivity contribution < 1.29 is 28.0 Å². The number of nitrogens with zero attached hydrogens (tertiary/aromatic N) is 1. The molecule has 1 aromatic heterocycles. The zero-order valence-electron chi connectivity index (χ0n) is 15.3. The van der Waals surface area contributed by atoms with Gasteiger partial charge in [0.05, 0.1) is 10.6 Å². The summed E-state index contributed by atoms with van der Waals surface area (Å²) in [6, 6.07) is 3.31. The maximum absolute atomic E-state index is 14.1. The normalized spacial score (nSPS) is 10.4. The van der Waals surface area contributed by atoms with E-state index in [0.29, 0.717) is 6.54 Å². The molecule has 0 fully saturated rings. The summed E-state index contributed by atoms with van der Waals surface area (Å²) in [7, 11) is 0. The first-order valence-corrected chi connectivity index (χ1v) is 8.88. The van der Waals surface area contributed by atoms with Crippen LogP contribution in [0.3, 0.4) is 0 Å². The molecule has 0 aliphatic carbocycles. The van der Waals surface area contributed by atoms with Crippen LogP contribution in [0.5, 0.6) is 0 Å². The molecule has 0 saturated heterocycles. The van der Waals surface area contributed by atoms with E-state index in [4.69, 9.17) is 20.9 Å². The Morgan fingerprint density at radius 2 is 2.07 bits per heavy atom. The number of hydrogen-bond acceptors (Lipinski definition) is 6. The van der Waals surface area contributed by atoms with E-state index in [2.05, 4.69) is 10.5 Å². The second kappa shape index (κ2) is 9.84. The molecule has 2 aromatic rings. The minimum absolute atomic E-state index is 0.0313. The van der Waals surface area contributed by atoms with Gasteiger partial charge in [-0.2, -0.15) is 0 Å². The standard InChI is InChI=1S/C18H19ClFN3O5/c1-3-4-8-21-18(26)22-13(24)9-27-17(25)14-10(2)28-23-16(14)15-11(19)6-5-7-12(15)20/h5-7H,3-4,8-9H2,1-2H3,(H2,21,22,24,26). The fourth-order valence-corrected chi connectivity index (χ4v) is 2.55. The van der Waals surface area contributed by atoms with E-state index in [0.717, 1.165) is 18.9 Å². The number of hydrogen-bond donors (Lipinski definition) is 2. The summed E-state index contributed by atoms with van der Waals surface area (Å²) in [6.07, 6.45) is 1.66. The van der Waals surface area contributed by atoms with Gasteiger partial charge in [0.2, 0.25) is 0 Å². The third-order valence-corrected chi connectivity index (χ3v) is 3.98. The lowest BCUT2D eigenvalue weighted by atomic mass is 10.1. The van der Waals surface area contributed by atoms with Gasteiger partial charge in [-0.15, -0.1) is 0 Å². The molecule has 0 unspecified atom stereocenters. The molecule has 0 saturated carbocycles. The lowest BCUT2D eigenvalue weighted by Gasteiger charge is -2.08. The monoisotopic (exact) mass is 411 g/mol. The van der Waals surface area contributed by atoms with E-state index in [1.807, 2.05) is 12.2 Å². The Kier molecular flexibility index (Phi) is 7.51. The quantitative estimate of drug-likeness (QED) is 0.534. The van der Waals surface area contributed by atoms with Crippen LogP contribution in [-0.4, -0.2) is 36.2 Å². The van der Waals surface area contributed by atoms with Gasteiger partial charge in [-0.3, -0.25) is 10.1 Å². The van der Waals surface area contributed by atoms with Gasteiger partial charge in [-0.25, -0.2) is 14.0 Å². The fourth-order valence-electron chi connectivity index (χ4n) is 2.30. The van der Waals surface area contributed by atoms with Gasteiger partial charge in [-0.05, 0) is 25.5 Å². The highest BCUT2D eigenvalue weighted by Gasteiger charge is 2.27. The molecule has 2 N–H and O–H groups in total. The number of urea groups is 1. The zero-order valence-corrected chi connectivity index (χ0v) is 16.1. The Labute approximate surface area is 165 Å². The van der Waals surface area contributed by atoms with Crippen molar-refractivity contribution >= 4 is 29.5 Å². The maximum atomic E-state index is 14.1. The van der Waals surface area contributed by atoms with Crippen LogP contribution in [0.2, 0.25) is 5.02 Å². The van der Waals surface area contributed by atoms with Crippen LogP contribution in [0.25, 0.3) is 11.3 Å². The Balaban J connectivity index is 2.05. The van der Waals surface area contributed by atoms with Crippen LogP contribution in [0.15, 0.2) is 22.7 Å². The van der Waals surface area contributed by atoms with Crippen molar-refractivity contribution in [3.05, 3.63) is 40.4 Å². The summed E-state index contributed by atoms with van der Waals surface area (Å²) in [4.78, 5) is 35.6. The molecule has 0 spiro atoms. The molecular weight excluding hydrogens is 393 g/mol. The first-order chi connectivity index (χ1) is 13.3. The van der Waals surface area contributed by atoms with Crippen molar-refractivity contribution in [3.8, 4) is 11.3 Å². The molecule has 0 aliphatic rings. The average molecular weight is 412 g/mol. The van der Waals surface area contributed by atoms with E-state index in [1.54, 1.807) is 0 Å². The van der Waals surface area contributed by atoms with Gasteiger partial charge in [0.1, 0.15) is 22.8 Å². The lowest BCUT2D eigenvalue weighted by Crippen LogP contribution is -2.41. The smallest absolute Gasteiger partial charge is 0.344 e. The molecule has 1 heterocycles. The van der Waals surface area contributed by atoms with Gasteiger partial charge in [0.15, 0.2) is 6.61 Å². The number of carbonyl (C=O) groups is 3. The summed E-state index contributed by atoms with van der Waals surface area (Å²) in [6.45, 7) is 3.10. The van der Waals surface area contributed by atoms with Crippen molar-refractivity contribution in [2.75, 3.05) is 13.2 Å². The van der Waals surface area contributed by atoms with Crippen LogP contribution >= 0.6 is 11.6 Å². The Hall–Kier alpha value is -2.94. The molecule has 1 aromatic carbocycles. The number of rotatable bonds is 7. The second-order valence-electron chi connectivity index (χ2n) is 5.79. The number of carbonyl (C=O) groups excluding carboxylic acids is 3. The predicted octanol–water partition coefficient (Wildman–Crippen LogP) is 3.23. The Morgan fingerprint density at radius 1 is 1.32 bits per heavy atom. The number of amides is 3. The number of imide groups is 1. The van der Waals surface area contributed by atoms with E-state index < -0.39 is 30.3 Å². The predicted molar refractivity (Wildman–Crippen MR) is 98.4 cm³/mol. The third-order valence-electron chi connectivity index (χ3n) is 3.67. The number of aryl methyl sites for hydroxylation is 1. The molecule has 8 nitrogen and oxygen atoms in total. The van der Waals surface area contributed by atoms with Gasteiger partial charge >= 0.3 is 12.0 Å². The van der Waals surface area contributed by atoms with Crippen LogP contribution in [0, 0.1) is 12.7 Å².